The van der Waals surface area contributed by atoms with Gasteiger partial charge >= 0.3 is 0 Å². The maximum absolute atomic E-state index is 13.5. The highest BCUT2D eigenvalue weighted by Crippen LogP contribution is 2.31. The van der Waals surface area contributed by atoms with E-state index in [2.05, 4.69) is 25.9 Å². The summed E-state index contributed by atoms with van der Waals surface area (Å²) in [5.41, 5.74) is 5.36. The molecule has 0 spiro atoms. The van der Waals surface area contributed by atoms with Gasteiger partial charge in [0.05, 0.1) is 9.37 Å². The second kappa shape index (κ2) is 4.97. The first-order valence-corrected chi connectivity index (χ1v) is 6.07. The third-order valence-corrected chi connectivity index (χ3v) is 3.21. The smallest absolute Gasteiger partial charge is 0.192 e. The molecule has 0 radical (unpaired) electrons. The topological polar surface area (TPSA) is 51.8 Å². The number of nitrogens with zero attached hydrogens (tertiary/aromatic N) is 2. The Morgan fingerprint density at radius 2 is 1.65 bits per heavy atom. The predicted octanol–water partition coefficient (Wildman–Crippen LogP) is 3.25. The first-order valence-electron chi connectivity index (χ1n) is 4.46. The Hall–Kier alpha value is -1.21. The monoisotopic (exact) mass is 317 g/mol. The summed E-state index contributed by atoms with van der Waals surface area (Å²) in [6.07, 6.45) is 3.00. The van der Waals surface area contributed by atoms with Crippen molar-refractivity contribution in [3.8, 4) is 0 Å². The van der Waals surface area contributed by atoms with Crippen molar-refractivity contribution in [1.82, 2.24) is 9.97 Å². The zero-order chi connectivity index (χ0) is 12.4. The van der Waals surface area contributed by atoms with Gasteiger partial charge < -0.3 is 5.73 Å². The molecular formula is C10H6BrF2N3S. The number of hydrogen-bond donors (Lipinski definition) is 1. The zero-order valence-electron chi connectivity index (χ0n) is 8.32. The van der Waals surface area contributed by atoms with Crippen molar-refractivity contribution < 1.29 is 8.78 Å². The van der Waals surface area contributed by atoms with E-state index in [1.807, 2.05) is 0 Å². The van der Waals surface area contributed by atoms with Crippen LogP contribution in [0.15, 0.2) is 39.1 Å². The summed E-state index contributed by atoms with van der Waals surface area (Å²) in [4.78, 5) is 7.67. The number of anilines is 1. The number of benzene rings is 1. The standard InChI is InChI=1S/C10H6BrF2N3S/c11-5-3-15-10(16-4-5)17-9-7(12)1-6(14)2-8(9)13/h1-4H,14H2. The molecule has 0 atom stereocenters. The van der Waals surface area contributed by atoms with Crippen LogP contribution in [0.25, 0.3) is 0 Å². The zero-order valence-corrected chi connectivity index (χ0v) is 10.7. The first kappa shape index (κ1) is 12.3. The molecule has 1 aromatic carbocycles. The summed E-state index contributed by atoms with van der Waals surface area (Å²) in [6, 6.07) is 2.12. The average Bonchev–Trinajstić information content (AvgIpc) is 2.26. The molecule has 0 saturated heterocycles. The summed E-state index contributed by atoms with van der Waals surface area (Å²) >= 11 is 3.98. The third kappa shape index (κ3) is 2.92. The second-order valence-electron chi connectivity index (χ2n) is 3.10. The van der Waals surface area contributed by atoms with Gasteiger partial charge in [-0.25, -0.2) is 18.7 Å². The molecule has 88 valence electrons. The Bertz CT molecular complexity index is 525. The van der Waals surface area contributed by atoms with Gasteiger partial charge in [-0.05, 0) is 39.8 Å². The highest BCUT2D eigenvalue weighted by molar-refractivity contribution is 9.10. The molecule has 0 aliphatic rings. The van der Waals surface area contributed by atoms with Gasteiger partial charge in [-0.1, -0.05) is 0 Å². The molecule has 0 amide bonds. The van der Waals surface area contributed by atoms with E-state index in [-0.39, 0.29) is 15.7 Å². The van der Waals surface area contributed by atoms with Gasteiger partial charge in [-0.2, -0.15) is 0 Å². The summed E-state index contributed by atoms with van der Waals surface area (Å²) in [7, 11) is 0. The molecule has 0 unspecified atom stereocenters. The van der Waals surface area contributed by atoms with Crippen LogP contribution in [-0.2, 0) is 0 Å². The van der Waals surface area contributed by atoms with Crippen LogP contribution in [0.1, 0.15) is 0 Å². The van der Waals surface area contributed by atoms with Gasteiger partial charge in [0.2, 0.25) is 0 Å². The Balaban J connectivity index is 2.33. The van der Waals surface area contributed by atoms with Crippen LogP contribution in [0.2, 0.25) is 0 Å². The lowest BCUT2D eigenvalue weighted by molar-refractivity contribution is 0.541. The Morgan fingerprint density at radius 3 is 2.18 bits per heavy atom. The highest BCUT2D eigenvalue weighted by atomic mass is 79.9. The quantitative estimate of drug-likeness (QED) is 0.682. The summed E-state index contributed by atoms with van der Waals surface area (Å²) in [5, 5.41) is 0.260. The molecular weight excluding hydrogens is 312 g/mol. The molecule has 7 heteroatoms. The van der Waals surface area contributed by atoms with Gasteiger partial charge in [0.15, 0.2) is 5.16 Å². The van der Waals surface area contributed by atoms with Crippen LogP contribution in [-0.4, -0.2) is 9.97 Å². The van der Waals surface area contributed by atoms with Crippen LogP contribution < -0.4 is 5.73 Å². The minimum atomic E-state index is -0.723. The lowest BCUT2D eigenvalue weighted by Gasteiger charge is -2.04. The summed E-state index contributed by atoms with van der Waals surface area (Å²) in [5.74, 6) is -1.45. The molecule has 1 heterocycles. The predicted molar refractivity (Wildman–Crippen MR) is 64.6 cm³/mol. The van der Waals surface area contributed by atoms with Crippen molar-refractivity contribution in [1.29, 1.82) is 0 Å². The van der Waals surface area contributed by atoms with Crippen molar-refractivity contribution in [2.24, 2.45) is 0 Å². The van der Waals surface area contributed by atoms with Gasteiger partial charge in [-0.15, -0.1) is 0 Å². The number of rotatable bonds is 2. The normalized spacial score (nSPS) is 10.5. The largest absolute Gasteiger partial charge is 0.399 e. The minimum absolute atomic E-state index is 0.0427. The summed E-state index contributed by atoms with van der Waals surface area (Å²) in [6.45, 7) is 0. The van der Waals surface area contributed by atoms with E-state index in [0.29, 0.717) is 4.47 Å². The fourth-order valence-electron chi connectivity index (χ4n) is 1.12. The molecule has 0 saturated carbocycles. The molecule has 0 bridgehead atoms. The molecule has 17 heavy (non-hydrogen) atoms. The van der Waals surface area contributed by atoms with Crippen LogP contribution in [0.3, 0.4) is 0 Å². The number of hydrogen-bond acceptors (Lipinski definition) is 4. The van der Waals surface area contributed by atoms with Crippen LogP contribution in [0.5, 0.6) is 0 Å². The molecule has 1 aromatic heterocycles. The Kier molecular flexibility index (Phi) is 3.58. The Labute approximate surface area is 109 Å². The number of nitrogen functional groups attached to an aromatic ring is 1. The maximum Gasteiger partial charge on any atom is 0.192 e. The SMILES string of the molecule is Nc1cc(F)c(Sc2ncc(Br)cn2)c(F)c1. The molecule has 3 nitrogen and oxygen atoms in total. The van der Waals surface area contributed by atoms with E-state index >= 15 is 0 Å². The number of nitrogens with two attached hydrogens (primary N) is 1. The fourth-order valence-corrected chi connectivity index (χ4v) is 2.03. The minimum Gasteiger partial charge on any atom is -0.399 e. The van der Waals surface area contributed by atoms with Crippen LogP contribution >= 0.6 is 27.7 Å². The average molecular weight is 318 g/mol. The van der Waals surface area contributed by atoms with Gasteiger partial charge in [0.25, 0.3) is 0 Å². The molecule has 0 fully saturated rings. The maximum atomic E-state index is 13.5. The number of aromatic nitrogens is 2. The van der Waals surface area contributed by atoms with Crippen molar-refractivity contribution in [2.45, 2.75) is 10.1 Å². The highest BCUT2D eigenvalue weighted by Gasteiger charge is 2.13. The number of halogens is 3. The van der Waals surface area contributed by atoms with Crippen LogP contribution in [0, 0.1) is 11.6 Å². The molecule has 2 aromatic rings. The van der Waals surface area contributed by atoms with Crippen molar-refractivity contribution in [3.63, 3.8) is 0 Å². The lowest BCUT2D eigenvalue weighted by atomic mass is 10.3. The van der Waals surface area contributed by atoms with E-state index in [9.17, 15) is 8.78 Å². The summed E-state index contributed by atoms with van der Waals surface area (Å²) < 4.78 is 27.6. The molecule has 2 rings (SSSR count). The molecule has 2 N–H and O–H groups in total. The van der Waals surface area contributed by atoms with E-state index in [1.54, 1.807) is 0 Å². The van der Waals surface area contributed by atoms with Crippen LogP contribution in [0.4, 0.5) is 14.5 Å². The van der Waals surface area contributed by atoms with E-state index in [1.165, 1.54) is 12.4 Å². The van der Waals surface area contributed by atoms with E-state index in [0.717, 1.165) is 23.9 Å². The van der Waals surface area contributed by atoms with Gasteiger partial charge in [-0.3, -0.25) is 0 Å². The third-order valence-electron chi connectivity index (χ3n) is 1.81. The first-order chi connectivity index (χ1) is 8.06. The van der Waals surface area contributed by atoms with Crippen molar-refractivity contribution >= 4 is 33.4 Å². The second-order valence-corrected chi connectivity index (χ2v) is 4.99. The van der Waals surface area contributed by atoms with Gasteiger partial charge in [0, 0.05) is 18.1 Å². The van der Waals surface area contributed by atoms with Crippen molar-refractivity contribution in [3.05, 3.63) is 40.6 Å². The fraction of sp³-hybridized carbons (Fsp3) is 0. The lowest BCUT2D eigenvalue weighted by Crippen LogP contribution is -1.94. The van der Waals surface area contributed by atoms with E-state index < -0.39 is 11.6 Å². The van der Waals surface area contributed by atoms with Gasteiger partial charge in [0.1, 0.15) is 11.6 Å². The molecule has 0 aliphatic carbocycles. The Morgan fingerprint density at radius 1 is 1.12 bits per heavy atom. The molecule has 0 aliphatic heterocycles. The van der Waals surface area contributed by atoms with Crippen molar-refractivity contribution in [2.75, 3.05) is 5.73 Å². The van der Waals surface area contributed by atoms with E-state index in [4.69, 9.17) is 5.73 Å².